The molecule has 7 heteroatoms. The van der Waals surface area contributed by atoms with Crippen molar-refractivity contribution in [3.05, 3.63) is 57.4 Å². The van der Waals surface area contributed by atoms with Gasteiger partial charge in [0.15, 0.2) is 11.5 Å². The summed E-state index contributed by atoms with van der Waals surface area (Å²) in [5.74, 6) is -0.781. The Bertz CT molecular complexity index is 860. The normalized spacial score (nSPS) is 11.9. The minimum atomic E-state index is -3.94. The zero-order valence-electron chi connectivity index (χ0n) is 11.1. The predicted octanol–water partition coefficient (Wildman–Crippen LogP) is 3.20. The lowest BCUT2D eigenvalue weighted by atomic mass is 10.2. The molecule has 0 unspecified atom stereocenters. The van der Waals surface area contributed by atoms with Gasteiger partial charge < -0.3 is 10.2 Å². The third kappa shape index (κ3) is 3.13. The van der Waals surface area contributed by atoms with E-state index in [4.69, 9.17) is 5.26 Å². The number of sulfone groups is 1. The molecule has 0 aliphatic carbocycles. The van der Waals surface area contributed by atoms with Gasteiger partial charge in [-0.3, -0.25) is 0 Å². The summed E-state index contributed by atoms with van der Waals surface area (Å²) in [4.78, 5) is -0.458. The van der Waals surface area contributed by atoms with Crippen LogP contribution in [0.25, 0.3) is 6.08 Å². The number of nitriles is 1. The molecule has 2 N–H and O–H groups in total. The monoisotopic (exact) mass is 379 g/mol. The second kappa shape index (κ2) is 6.22. The minimum absolute atomic E-state index is 0.00451. The average Bonchev–Trinajstić information content (AvgIpc) is 2.50. The van der Waals surface area contributed by atoms with Crippen molar-refractivity contribution in [3.63, 3.8) is 0 Å². The first-order chi connectivity index (χ1) is 10.4. The van der Waals surface area contributed by atoms with Crippen molar-refractivity contribution in [3.8, 4) is 17.6 Å². The maximum atomic E-state index is 12.4. The molecule has 0 radical (unpaired) electrons. The summed E-state index contributed by atoms with van der Waals surface area (Å²) in [7, 11) is -3.94. The summed E-state index contributed by atoms with van der Waals surface area (Å²) in [5, 5.41) is 28.2. The average molecular weight is 380 g/mol. The Kier molecular flexibility index (Phi) is 4.54. The molecule has 0 saturated heterocycles. The van der Waals surface area contributed by atoms with Crippen LogP contribution in [-0.4, -0.2) is 18.6 Å². The van der Waals surface area contributed by atoms with Gasteiger partial charge in [-0.2, -0.15) is 5.26 Å². The zero-order valence-corrected chi connectivity index (χ0v) is 13.5. The van der Waals surface area contributed by atoms with Crippen LogP contribution in [-0.2, 0) is 9.84 Å². The maximum Gasteiger partial charge on any atom is 0.216 e. The van der Waals surface area contributed by atoms with Gasteiger partial charge >= 0.3 is 0 Å². The van der Waals surface area contributed by atoms with Crippen molar-refractivity contribution in [2.75, 3.05) is 0 Å². The standard InChI is InChI=1S/C15H10BrNO4S/c16-13-7-10(8-14(18)15(13)19)6-12(9-17)22(20,21)11-4-2-1-3-5-11/h1-8,18-19H/b12-6-. The van der Waals surface area contributed by atoms with Crippen LogP contribution in [0.1, 0.15) is 5.56 Å². The molecule has 22 heavy (non-hydrogen) atoms. The van der Waals surface area contributed by atoms with E-state index in [0.717, 1.165) is 12.1 Å². The highest BCUT2D eigenvalue weighted by Gasteiger charge is 2.20. The number of phenols is 2. The largest absolute Gasteiger partial charge is 0.504 e. The number of nitrogens with zero attached hydrogens (tertiary/aromatic N) is 1. The van der Waals surface area contributed by atoms with E-state index in [1.54, 1.807) is 24.3 Å². The highest BCUT2D eigenvalue weighted by atomic mass is 79.9. The molecule has 0 aromatic heterocycles. The number of allylic oxidation sites excluding steroid dienone is 1. The van der Waals surface area contributed by atoms with E-state index in [9.17, 15) is 18.6 Å². The third-order valence-corrected chi connectivity index (χ3v) is 5.10. The first-order valence-electron chi connectivity index (χ1n) is 5.99. The van der Waals surface area contributed by atoms with Gasteiger partial charge in [0.1, 0.15) is 11.0 Å². The van der Waals surface area contributed by atoms with Crippen molar-refractivity contribution >= 4 is 31.8 Å². The number of hydrogen-bond donors (Lipinski definition) is 2. The van der Waals surface area contributed by atoms with Gasteiger partial charge in [0.25, 0.3) is 0 Å². The van der Waals surface area contributed by atoms with Crippen LogP contribution in [0.5, 0.6) is 11.5 Å². The van der Waals surface area contributed by atoms with Crippen LogP contribution < -0.4 is 0 Å². The van der Waals surface area contributed by atoms with Crippen molar-refractivity contribution in [2.45, 2.75) is 4.90 Å². The van der Waals surface area contributed by atoms with Gasteiger partial charge in [-0.1, -0.05) is 18.2 Å². The summed E-state index contributed by atoms with van der Waals surface area (Å²) in [5.41, 5.74) is 0.262. The molecule has 0 aliphatic rings. The van der Waals surface area contributed by atoms with Crippen LogP contribution in [0.3, 0.4) is 0 Å². The molecule has 0 atom stereocenters. The van der Waals surface area contributed by atoms with Crippen LogP contribution >= 0.6 is 15.9 Å². The molecule has 0 heterocycles. The topological polar surface area (TPSA) is 98.4 Å². The van der Waals surface area contributed by atoms with Crippen LogP contribution in [0.15, 0.2) is 56.7 Å². The smallest absolute Gasteiger partial charge is 0.216 e. The summed E-state index contributed by atoms with van der Waals surface area (Å²) < 4.78 is 25.0. The number of hydrogen-bond acceptors (Lipinski definition) is 5. The fourth-order valence-electron chi connectivity index (χ4n) is 1.74. The fourth-order valence-corrected chi connectivity index (χ4v) is 3.38. The number of benzene rings is 2. The van der Waals surface area contributed by atoms with Crippen molar-refractivity contribution in [1.82, 2.24) is 0 Å². The Morgan fingerprint density at radius 2 is 1.82 bits per heavy atom. The van der Waals surface area contributed by atoms with E-state index in [-0.39, 0.29) is 20.7 Å². The van der Waals surface area contributed by atoms with E-state index in [1.165, 1.54) is 18.2 Å². The molecule has 0 spiro atoms. The quantitative estimate of drug-likeness (QED) is 0.630. The summed E-state index contributed by atoms with van der Waals surface area (Å²) >= 11 is 3.03. The first-order valence-corrected chi connectivity index (χ1v) is 8.27. The highest BCUT2D eigenvalue weighted by Crippen LogP contribution is 2.35. The van der Waals surface area contributed by atoms with Gasteiger partial charge in [0, 0.05) is 0 Å². The summed E-state index contributed by atoms with van der Waals surface area (Å²) in [6.07, 6.45) is 1.13. The number of halogens is 1. The molecule has 0 saturated carbocycles. The Morgan fingerprint density at radius 1 is 1.18 bits per heavy atom. The van der Waals surface area contributed by atoms with Crippen LogP contribution in [0.2, 0.25) is 0 Å². The van der Waals surface area contributed by atoms with Gasteiger partial charge in [-0.25, -0.2) is 8.42 Å². The minimum Gasteiger partial charge on any atom is -0.504 e. The second-order valence-electron chi connectivity index (χ2n) is 4.31. The van der Waals surface area contributed by atoms with E-state index in [2.05, 4.69) is 15.9 Å². The SMILES string of the molecule is N#C/C(=C/c1cc(O)c(O)c(Br)c1)S(=O)(=O)c1ccccc1. The molecular weight excluding hydrogens is 370 g/mol. The molecule has 2 rings (SSSR count). The first kappa shape index (κ1) is 16.1. The molecule has 112 valence electrons. The molecule has 2 aromatic rings. The molecular formula is C15H10BrNO4S. The van der Waals surface area contributed by atoms with Crippen molar-refractivity contribution < 1.29 is 18.6 Å². The second-order valence-corrected chi connectivity index (χ2v) is 7.08. The lowest BCUT2D eigenvalue weighted by molar-refractivity contribution is 0.401. The number of aromatic hydroxyl groups is 2. The van der Waals surface area contributed by atoms with Gasteiger partial charge in [0.2, 0.25) is 9.84 Å². The zero-order chi connectivity index (χ0) is 16.3. The predicted molar refractivity (Wildman–Crippen MR) is 84.7 cm³/mol. The lowest BCUT2D eigenvalue weighted by Crippen LogP contribution is -2.03. The van der Waals surface area contributed by atoms with E-state index in [0.29, 0.717) is 0 Å². The summed E-state index contributed by atoms with van der Waals surface area (Å²) in [6.45, 7) is 0. The molecule has 0 amide bonds. The van der Waals surface area contributed by atoms with Gasteiger partial charge in [-0.05, 0) is 51.8 Å². The third-order valence-electron chi connectivity index (χ3n) is 2.82. The van der Waals surface area contributed by atoms with E-state index >= 15 is 0 Å². The van der Waals surface area contributed by atoms with E-state index < -0.39 is 20.5 Å². The molecule has 5 nitrogen and oxygen atoms in total. The molecule has 0 bridgehead atoms. The molecule has 0 aliphatic heterocycles. The number of phenolic OH excluding ortho intramolecular Hbond substituents is 2. The van der Waals surface area contributed by atoms with Gasteiger partial charge in [0.05, 0.1) is 9.37 Å². The number of rotatable bonds is 3. The Labute approximate surface area is 135 Å². The highest BCUT2D eigenvalue weighted by molar-refractivity contribution is 9.10. The molecule has 0 fully saturated rings. The van der Waals surface area contributed by atoms with Crippen molar-refractivity contribution in [2.24, 2.45) is 0 Å². The summed E-state index contributed by atoms with van der Waals surface area (Å²) in [6, 6.07) is 11.8. The Hall–Kier alpha value is -2.30. The van der Waals surface area contributed by atoms with Crippen molar-refractivity contribution in [1.29, 1.82) is 5.26 Å². The van der Waals surface area contributed by atoms with E-state index in [1.807, 2.05) is 0 Å². The van der Waals surface area contributed by atoms with Crippen LogP contribution in [0.4, 0.5) is 0 Å². The van der Waals surface area contributed by atoms with Gasteiger partial charge in [-0.15, -0.1) is 0 Å². The fraction of sp³-hybridized carbons (Fsp3) is 0. The maximum absolute atomic E-state index is 12.4. The van der Waals surface area contributed by atoms with Crippen LogP contribution in [0, 0.1) is 11.3 Å². The Balaban J connectivity index is 2.56. The lowest BCUT2D eigenvalue weighted by Gasteiger charge is -2.05. The molecule has 2 aromatic carbocycles. The Morgan fingerprint density at radius 3 is 2.36 bits per heavy atom.